The molecule has 1 aromatic heterocycles. The summed E-state index contributed by atoms with van der Waals surface area (Å²) in [6.07, 6.45) is -3.42. The summed E-state index contributed by atoms with van der Waals surface area (Å²) in [5.41, 5.74) is -0.0709. The predicted molar refractivity (Wildman–Crippen MR) is 63.2 cm³/mol. The first-order valence-corrected chi connectivity index (χ1v) is 6.01. The number of alkyl halides is 3. The number of aliphatic hydroxyl groups is 1. The highest BCUT2D eigenvalue weighted by molar-refractivity contribution is 7.15. The zero-order chi connectivity index (χ0) is 13.3. The van der Waals surface area contributed by atoms with Crippen LogP contribution in [0.3, 0.4) is 0 Å². The normalized spacial score (nSPS) is 13.6. The number of aromatic nitrogens is 1. The van der Waals surface area contributed by atoms with Gasteiger partial charge in [0.1, 0.15) is 5.01 Å². The van der Waals surface area contributed by atoms with Gasteiger partial charge in [0.2, 0.25) is 0 Å². The quantitative estimate of drug-likeness (QED) is 0.900. The lowest BCUT2D eigenvalue weighted by Crippen LogP contribution is -2.03. The van der Waals surface area contributed by atoms with Gasteiger partial charge in [-0.25, -0.2) is 4.98 Å². The molecular weight excluding hydrogens is 263 g/mol. The molecule has 1 N–H and O–H groups in total. The number of aliphatic hydroxyl groups excluding tert-OH is 1. The van der Waals surface area contributed by atoms with Crippen LogP contribution in [0.25, 0.3) is 10.6 Å². The van der Waals surface area contributed by atoms with Crippen LogP contribution in [0.1, 0.15) is 23.5 Å². The van der Waals surface area contributed by atoms with Crippen molar-refractivity contribution in [1.29, 1.82) is 0 Å². The Morgan fingerprint density at radius 3 is 2.28 bits per heavy atom. The van der Waals surface area contributed by atoms with Gasteiger partial charge in [0.05, 0.1) is 16.5 Å². The molecule has 2 nitrogen and oxygen atoms in total. The molecule has 0 aliphatic rings. The summed E-state index contributed by atoms with van der Waals surface area (Å²) in [6, 6.07) is 4.82. The number of hydrogen-bond acceptors (Lipinski definition) is 3. The Labute approximate surface area is 106 Å². The molecule has 0 aliphatic carbocycles. The summed E-state index contributed by atoms with van der Waals surface area (Å²) >= 11 is 1.27. The summed E-state index contributed by atoms with van der Waals surface area (Å²) in [6.45, 7) is 1.62. The highest BCUT2D eigenvalue weighted by Crippen LogP contribution is 2.32. The summed E-state index contributed by atoms with van der Waals surface area (Å²) in [5, 5.41) is 9.95. The van der Waals surface area contributed by atoms with Crippen molar-refractivity contribution in [1.82, 2.24) is 4.98 Å². The fourth-order valence-electron chi connectivity index (χ4n) is 1.41. The fourth-order valence-corrected chi connectivity index (χ4v) is 2.27. The number of rotatable bonds is 2. The van der Waals surface area contributed by atoms with Crippen LogP contribution in [0.15, 0.2) is 30.5 Å². The van der Waals surface area contributed by atoms with Gasteiger partial charge in [-0.05, 0) is 19.1 Å². The third kappa shape index (κ3) is 2.70. The van der Waals surface area contributed by atoms with Gasteiger partial charge >= 0.3 is 6.18 Å². The van der Waals surface area contributed by atoms with Gasteiger partial charge in [-0.15, -0.1) is 11.3 Å². The van der Waals surface area contributed by atoms with Crippen LogP contribution < -0.4 is 0 Å². The second-order valence-electron chi connectivity index (χ2n) is 3.82. The first-order valence-electron chi connectivity index (χ1n) is 5.19. The molecule has 0 aliphatic heterocycles. The number of hydrogen-bond donors (Lipinski definition) is 1. The Morgan fingerprint density at radius 2 is 1.83 bits per heavy atom. The summed E-state index contributed by atoms with van der Waals surface area (Å²) in [7, 11) is 0. The minimum Gasteiger partial charge on any atom is -0.388 e. The maximum atomic E-state index is 12.4. The number of nitrogens with zero attached hydrogens (tertiary/aromatic N) is 1. The van der Waals surface area contributed by atoms with E-state index in [-0.39, 0.29) is 0 Å². The van der Waals surface area contributed by atoms with E-state index < -0.39 is 17.8 Å². The third-order valence-electron chi connectivity index (χ3n) is 2.39. The molecule has 0 saturated heterocycles. The highest BCUT2D eigenvalue weighted by Gasteiger charge is 2.30. The molecule has 2 rings (SSSR count). The average molecular weight is 273 g/mol. The van der Waals surface area contributed by atoms with E-state index in [4.69, 9.17) is 0 Å². The zero-order valence-electron chi connectivity index (χ0n) is 9.40. The third-order valence-corrected chi connectivity index (χ3v) is 3.61. The number of benzene rings is 1. The lowest BCUT2D eigenvalue weighted by atomic mass is 10.1. The Hall–Kier alpha value is -1.40. The minimum absolute atomic E-state index is 0.597. The van der Waals surface area contributed by atoms with E-state index in [9.17, 15) is 18.3 Å². The smallest absolute Gasteiger partial charge is 0.388 e. The van der Waals surface area contributed by atoms with Crippen LogP contribution in [0, 0.1) is 0 Å². The fraction of sp³-hybridized carbons (Fsp3) is 0.250. The van der Waals surface area contributed by atoms with Crippen LogP contribution in [0.4, 0.5) is 13.2 Å². The van der Waals surface area contributed by atoms with E-state index in [2.05, 4.69) is 4.98 Å². The Kier molecular flexibility index (Phi) is 3.41. The van der Waals surface area contributed by atoms with Crippen molar-refractivity contribution in [2.24, 2.45) is 0 Å². The van der Waals surface area contributed by atoms with Crippen molar-refractivity contribution in [2.75, 3.05) is 0 Å². The maximum Gasteiger partial charge on any atom is 0.416 e. The molecule has 1 aromatic carbocycles. The lowest BCUT2D eigenvalue weighted by molar-refractivity contribution is -0.137. The zero-order valence-corrected chi connectivity index (χ0v) is 10.2. The van der Waals surface area contributed by atoms with E-state index >= 15 is 0 Å². The Bertz CT molecular complexity index is 531. The summed E-state index contributed by atoms with van der Waals surface area (Å²) in [4.78, 5) is 4.76. The van der Waals surface area contributed by atoms with Crippen molar-refractivity contribution in [3.05, 3.63) is 40.9 Å². The standard InChI is InChI=1S/C12H10F3NOS/c1-7(17)10-6-16-11(18-10)8-2-4-9(5-3-8)12(13,14)15/h2-7,17H,1H3. The van der Waals surface area contributed by atoms with Crippen molar-refractivity contribution in [3.63, 3.8) is 0 Å². The molecule has 0 fully saturated rings. The van der Waals surface area contributed by atoms with Crippen molar-refractivity contribution in [2.45, 2.75) is 19.2 Å². The van der Waals surface area contributed by atoms with E-state index in [0.717, 1.165) is 12.1 Å². The predicted octanol–water partition coefficient (Wildman–Crippen LogP) is 3.88. The van der Waals surface area contributed by atoms with Crippen LogP contribution in [-0.2, 0) is 6.18 Å². The van der Waals surface area contributed by atoms with Crippen LogP contribution in [0.5, 0.6) is 0 Å². The summed E-state index contributed by atoms with van der Waals surface area (Å²) in [5.74, 6) is 0. The van der Waals surface area contributed by atoms with Gasteiger partial charge in [0, 0.05) is 11.8 Å². The second kappa shape index (κ2) is 4.70. The first kappa shape index (κ1) is 13.0. The molecule has 0 saturated carbocycles. The van der Waals surface area contributed by atoms with Gasteiger partial charge in [-0.3, -0.25) is 0 Å². The molecule has 0 bridgehead atoms. The first-order chi connectivity index (χ1) is 8.38. The SMILES string of the molecule is CC(O)c1cnc(-c2ccc(C(F)(F)F)cc2)s1. The molecule has 1 heterocycles. The summed E-state index contributed by atoms with van der Waals surface area (Å²) < 4.78 is 37.2. The van der Waals surface area contributed by atoms with Gasteiger partial charge in [-0.2, -0.15) is 13.2 Å². The topological polar surface area (TPSA) is 33.1 Å². The molecule has 1 atom stereocenters. The van der Waals surface area contributed by atoms with Crippen LogP contribution in [-0.4, -0.2) is 10.1 Å². The van der Waals surface area contributed by atoms with Crippen molar-refractivity contribution in [3.8, 4) is 10.6 Å². The van der Waals surface area contributed by atoms with Gasteiger partial charge in [0.15, 0.2) is 0 Å². The second-order valence-corrected chi connectivity index (χ2v) is 4.88. The van der Waals surface area contributed by atoms with E-state index in [1.807, 2.05) is 0 Å². The van der Waals surface area contributed by atoms with Gasteiger partial charge in [0.25, 0.3) is 0 Å². The average Bonchev–Trinajstić information content (AvgIpc) is 2.77. The van der Waals surface area contributed by atoms with Gasteiger partial charge in [-0.1, -0.05) is 12.1 Å². The van der Waals surface area contributed by atoms with Gasteiger partial charge < -0.3 is 5.11 Å². The van der Waals surface area contributed by atoms with Crippen molar-refractivity contribution < 1.29 is 18.3 Å². The molecule has 1 unspecified atom stereocenters. The number of halogens is 3. The maximum absolute atomic E-state index is 12.4. The number of thiazole rings is 1. The van der Waals surface area contributed by atoms with E-state index in [0.29, 0.717) is 15.4 Å². The van der Waals surface area contributed by atoms with E-state index in [1.54, 1.807) is 6.92 Å². The Morgan fingerprint density at radius 1 is 1.22 bits per heavy atom. The molecule has 0 amide bonds. The van der Waals surface area contributed by atoms with Crippen LogP contribution in [0.2, 0.25) is 0 Å². The molecule has 0 radical (unpaired) electrons. The Balaban J connectivity index is 2.29. The van der Waals surface area contributed by atoms with Crippen molar-refractivity contribution >= 4 is 11.3 Å². The molecular formula is C12H10F3NOS. The molecule has 2 aromatic rings. The molecule has 6 heteroatoms. The van der Waals surface area contributed by atoms with E-state index in [1.165, 1.54) is 29.7 Å². The highest BCUT2D eigenvalue weighted by atomic mass is 32.1. The van der Waals surface area contributed by atoms with Crippen LogP contribution >= 0.6 is 11.3 Å². The minimum atomic E-state index is -4.33. The largest absolute Gasteiger partial charge is 0.416 e. The molecule has 18 heavy (non-hydrogen) atoms. The lowest BCUT2D eigenvalue weighted by Gasteiger charge is -2.06. The molecule has 0 spiro atoms. The monoisotopic (exact) mass is 273 g/mol. The molecule has 96 valence electrons.